The third-order valence-electron chi connectivity index (χ3n) is 4.51. The molecular formula is C21H21Cl2N5O2. The second-order valence-corrected chi connectivity index (χ2v) is 7.69. The molecule has 156 valence electrons. The Kier molecular flexibility index (Phi) is 7.07. The Balaban J connectivity index is 1.55. The second kappa shape index (κ2) is 9.73. The van der Waals surface area contributed by atoms with Crippen LogP contribution in [0.15, 0.2) is 42.5 Å². The first-order chi connectivity index (χ1) is 14.3. The van der Waals surface area contributed by atoms with Crippen LogP contribution in [0.5, 0.6) is 0 Å². The molecule has 9 heteroatoms. The predicted octanol–water partition coefficient (Wildman–Crippen LogP) is 3.81. The number of nitrogens with one attached hydrogen (secondary N) is 2. The highest BCUT2D eigenvalue weighted by Gasteiger charge is 2.18. The first-order valence-corrected chi connectivity index (χ1v) is 10.1. The zero-order valence-corrected chi connectivity index (χ0v) is 18.1. The van der Waals surface area contributed by atoms with Crippen LogP contribution in [0.25, 0.3) is 0 Å². The topological polar surface area (TPSA) is 88.9 Å². The van der Waals surface area contributed by atoms with Gasteiger partial charge in [0, 0.05) is 11.6 Å². The number of rotatable bonds is 7. The maximum absolute atomic E-state index is 12.5. The van der Waals surface area contributed by atoms with Crippen molar-refractivity contribution in [1.29, 1.82) is 0 Å². The molecule has 0 bridgehead atoms. The molecule has 1 aromatic heterocycles. The van der Waals surface area contributed by atoms with Crippen LogP contribution in [0.1, 0.15) is 27.3 Å². The van der Waals surface area contributed by atoms with Gasteiger partial charge in [0.05, 0.1) is 16.4 Å². The standard InChI is InChI=1S/C21H21Cl2N5O2/c1-13-3-8-18(17(23)11-13)25-21(30)20-14(2)28(27-26-20)12-19(29)24-10-9-15-4-6-16(22)7-5-15/h3-8,11H,9-10,12H2,1-2H3,(H,24,29)(H,25,30). The molecule has 3 aromatic rings. The van der Waals surface area contributed by atoms with Gasteiger partial charge < -0.3 is 10.6 Å². The minimum absolute atomic E-state index is 0.0297. The van der Waals surface area contributed by atoms with Gasteiger partial charge in [0.1, 0.15) is 6.54 Å². The van der Waals surface area contributed by atoms with Crippen LogP contribution >= 0.6 is 23.2 Å². The smallest absolute Gasteiger partial charge is 0.278 e. The van der Waals surface area contributed by atoms with Gasteiger partial charge in [-0.3, -0.25) is 9.59 Å². The highest BCUT2D eigenvalue weighted by atomic mass is 35.5. The lowest BCUT2D eigenvalue weighted by atomic mass is 10.1. The minimum atomic E-state index is -0.437. The van der Waals surface area contributed by atoms with Crippen molar-refractivity contribution in [3.8, 4) is 0 Å². The fraction of sp³-hybridized carbons (Fsp3) is 0.238. The van der Waals surface area contributed by atoms with Crippen LogP contribution in [-0.4, -0.2) is 33.4 Å². The summed E-state index contributed by atoms with van der Waals surface area (Å²) < 4.78 is 1.39. The molecule has 0 aliphatic rings. The summed E-state index contributed by atoms with van der Waals surface area (Å²) >= 11 is 12.0. The Morgan fingerprint density at radius 2 is 1.80 bits per heavy atom. The number of halogens is 2. The highest BCUT2D eigenvalue weighted by molar-refractivity contribution is 6.34. The van der Waals surface area contributed by atoms with Crippen LogP contribution in [0.2, 0.25) is 10.0 Å². The second-order valence-electron chi connectivity index (χ2n) is 6.84. The van der Waals surface area contributed by atoms with Gasteiger partial charge in [-0.15, -0.1) is 5.10 Å². The van der Waals surface area contributed by atoms with Crippen LogP contribution in [0, 0.1) is 13.8 Å². The van der Waals surface area contributed by atoms with Crippen LogP contribution < -0.4 is 10.6 Å². The monoisotopic (exact) mass is 445 g/mol. The SMILES string of the molecule is Cc1ccc(NC(=O)c2nnn(CC(=O)NCCc3ccc(Cl)cc3)c2C)c(Cl)c1. The first-order valence-electron chi connectivity index (χ1n) is 9.32. The summed E-state index contributed by atoms with van der Waals surface area (Å²) in [4.78, 5) is 24.7. The predicted molar refractivity (Wildman–Crippen MR) is 117 cm³/mol. The van der Waals surface area contributed by atoms with Crippen molar-refractivity contribution in [2.24, 2.45) is 0 Å². The van der Waals surface area contributed by atoms with E-state index in [2.05, 4.69) is 20.9 Å². The van der Waals surface area contributed by atoms with Crippen molar-refractivity contribution >= 4 is 40.7 Å². The number of carbonyl (C=O) groups is 2. The Morgan fingerprint density at radius 3 is 2.50 bits per heavy atom. The number of aromatic nitrogens is 3. The van der Waals surface area contributed by atoms with Crippen molar-refractivity contribution in [2.45, 2.75) is 26.8 Å². The van der Waals surface area contributed by atoms with E-state index in [9.17, 15) is 9.59 Å². The van der Waals surface area contributed by atoms with Crippen LogP contribution in [-0.2, 0) is 17.8 Å². The highest BCUT2D eigenvalue weighted by Crippen LogP contribution is 2.23. The zero-order valence-electron chi connectivity index (χ0n) is 16.6. The fourth-order valence-corrected chi connectivity index (χ4v) is 3.22. The molecule has 7 nitrogen and oxygen atoms in total. The van der Waals surface area contributed by atoms with E-state index in [1.807, 2.05) is 37.3 Å². The van der Waals surface area contributed by atoms with Gasteiger partial charge in [-0.1, -0.05) is 46.6 Å². The number of anilines is 1. The number of carbonyl (C=O) groups excluding carboxylic acids is 2. The molecule has 0 aliphatic carbocycles. The molecule has 0 aliphatic heterocycles. The molecule has 2 N–H and O–H groups in total. The van der Waals surface area contributed by atoms with E-state index < -0.39 is 5.91 Å². The lowest BCUT2D eigenvalue weighted by Crippen LogP contribution is -2.30. The summed E-state index contributed by atoms with van der Waals surface area (Å²) in [6, 6.07) is 12.8. The Morgan fingerprint density at radius 1 is 1.07 bits per heavy atom. The van der Waals surface area contributed by atoms with Gasteiger partial charge in [0.15, 0.2) is 5.69 Å². The van der Waals surface area contributed by atoms with E-state index in [0.717, 1.165) is 11.1 Å². The molecule has 0 atom stereocenters. The summed E-state index contributed by atoms with van der Waals surface area (Å²) in [7, 11) is 0. The molecule has 0 fully saturated rings. The molecule has 0 spiro atoms. The summed E-state index contributed by atoms with van der Waals surface area (Å²) in [5, 5.41) is 14.5. The average Bonchev–Trinajstić information content (AvgIpc) is 3.06. The van der Waals surface area contributed by atoms with Gasteiger partial charge in [-0.25, -0.2) is 4.68 Å². The average molecular weight is 446 g/mol. The number of amides is 2. The fourth-order valence-electron chi connectivity index (χ4n) is 2.81. The number of nitrogens with zero attached hydrogens (tertiary/aromatic N) is 3. The van der Waals surface area contributed by atoms with Gasteiger partial charge >= 0.3 is 0 Å². The molecular weight excluding hydrogens is 425 g/mol. The van der Waals surface area contributed by atoms with Crippen molar-refractivity contribution in [3.63, 3.8) is 0 Å². The Labute approximate surface area is 184 Å². The summed E-state index contributed by atoms with van der Waals surface area (Å²) in [6.07, 6.45) is 0.685. The summed E-state index contributed by atoms with van der Waals surface area (Å²) in [5.41, 5.74) is 3.18. The quantitative estimate of drug-likeness (QED) is 0.578. The van der Waals surface area contributed by atoms with Crippen molar-refractivity contribution in [1.82, 2.24) is 20.3 Å². The Bertz CT molecular complexity index is 1060. The van der Waals surface area contributed by atoms with Gasteiger partial charge in [0.25, 0.3) is 5.91 Å². The maximum atomic E-state index is 12.5. The van der Waals surface area contributed by atoms with Crippen LogP contribution in [0.4, 0.5) is 5.69 Å². The molecule has 3 rings (SSSR count). The minimum Gasteiger partial charge on any atom is -0.354 e. The van der Waals surface area contributed by atoms with Gasteiger partial charge in [-0.2, -0.15) is 0 Å². The summed E-state index contributed by atoms with van der Waals surface area (Å²) in [5.74, 6) is -0.654. The zero-order chi connectivity index (χ0) is 21.7. The number of aryl methyl sites for hydroxylation is 1. The van der Waals surface area contributed by atoms with Gasteiger partial charge in [0.2, 0.25) is 5.91 Å². The Hall–Kier alpha value is -2.90. The van der Waals surface area contributed by atoms with E-state index in [1.54, 1.807) is 19.1 Å². The first kappa shape index (κ1) is 21.8. The molecule has 2 aromatic carbocycles. The molecule has 0 radical (unpaired) electrons. The van der Waals surface area contributed by atoms with Crippen molar-refractivity contribution < 1.29 is 9.59 Å². The number of hydrogen-bond acceptors (Lipinski definition) is 4. The van der Waals surface area contributed by atoms with Gasteiger partial charge in [-0.05, 0) is 55.7 Å². The van der Waals surface area contributed by atoms with E-state index in [4.69, 9.17) is 23.2 Å². The van der Waals surface area contributed by atoms with E-state index in [0.29, 0.717) is 34.4 Å². The molecule has 0 unspecified atom stereocenters. The normalized spacial score (nSPS) is 10.7. The van der Waals surface area contributed by atoms with E-state index in [-0.39, 0.29) is 18.1 Å². The molecule has 1 heterocycles. The lowest BCUT2D eigenvalue weighted by molar-refractivity contribution is -0.121. The lowest BCUT2D eigenvalue weighted by Gasteiger charge is -2.08. The number of benzene rings is 2. The van der Waals surface area contributed by atoms with Crippen LogP contribution in [0.3, 0.4) is 0 Å². The summed E-state index contributed by atoms with van der Waals surface area (Å²) in [6.45, 7) is 4.05. The van der Waals surface area contributed by atoms with E-state index >= 15 is 0 Å². The van der Waals surface area contributed by atoms with Crippen molar-refractivity contribution in [2.75, 3.05) is 11.9 Å². The molecule has 0 saturated carbocycles. The largest absolute Gasteiger partial charge is 0.354 e. The maximum Gasteiger partial charge on any atom is 0.278 e. The third-order valence-corrected chi connectivity index (χ3v) is 5.08. The molecule has 30 heavy (non-hydrogen) atoms. The molecule has 0 saturated heterocycles. The van der Waals surface area contributed by atoms with Crippen molar-refractivity contribution in [3.05, 3.63) is 75.0 Å². The number of hydrogen-bond donors (Lipinski definition) is 2. The van der Waals surface area contributed by atoms with E-state index in [1.165, 1.54) is 4.68 Å². The molecule has 2 amide bonds. The third kappa shape index (κ3) is 5.58.